The Hall–Kier alpha value is -0.790. The van der Waals surface area contributed by atoms with Crippen molar-refractivity contribution in [2.75, 3.05) is 0 Å². The number of unbranched alkanes of at least 4 members (excludes halogenated alkanes) is 3. The van der Waals surface area contributed by atoms with E-state index in [2.05, 4.69) is 6.08 Å². The van der Waals surface area contributed by atoms with E-state index < -0.39 is 5.97 Å². The first-order valence-electron chi connectivity index (χ1n) is 4.10. The highest BCUT2D eigenvalue weighted by atomic mass is 16.4. The van der Waals surface area contributed by atoms with Gasteiger partial charge in [0.1, 0.15) is 0 Å². The third-order valence-corrected chi connectivity index (χ3v) is 1.50. The average molecular weight is 156 g/mol. The molecule has 0 aromatic carbocycles. The minimum Gasteiger partial charge on any atom is -0.481 e. The van der Waals surface area contributed by atoms with Gasteiger partial charge in [-0.05, 0) is 26.2 Å². The molecule has 0 aromatic heterocycles. The Morgan fingerprint density at radius 2 is 2.09 bits per heavy atom. The van der Waals surface area contributed by atoms with Crippen LogP contribution in [0.4, 0.5) is 0 Å². The minimum atomic E-state index is -0.684. The SMILES string of the molecule is C/C=C\CCCCCC(=O)O. The van der Waals surface area contributed by atoms with Crippen LogP contribution in [0.5, 0.6) is 0 Å². The first-order valence-corrected chi connectivity index (χ1v) is 4.10. The molecule has 0 rings (SSSR count). The van der Waals surface area contributed by atoms with Gasteiger partial charge in [-0.1, -0.05) is 18.6 Å². The van der Waals surface area contributed by atoms with Gasteiger partial charge < -0.3 is 5.11 Å². The van der Waals surface area contributed by atoms with E-state index in [9.17, 15) is 4.79 Å². The predicted octanol–water partition coefficient (Wildman–Crippen LogP) is 2.60. The number of rotatable bonds is 6. The lowest BCUT2D eigenvalue weighted by Gasteiger charge is -1.94. The van der Waals surface area contributed by atoms with Crippen molar-refractivity contribution in [1.82, 2.24) is 0 Å². The van der Waals surface area contributed by atoms with Crippen LogP contribution in [0.2, 0.25) is 0 Å². The van der Waals surface area contributed by atoms with E-state index in [1.54, 1.807) is 0 Å². The van der Waals surface area contributed by atoms with Crippen molar-refractivity contribution < 1.29 is 9.90 Å². The minimum absolute atomic E-state index is 0.315. The van der Waals surface area contributed by atoms with Crippen molar-refractivity contribution >= 4 is 5.97 Å². The summed E-state index contributed by atoms with van der Waals surface area (Å²) in [6, 6.07) is 0. The Balaban J connectivity index is 2.96. The summed E-state index contributed by atoms with van der Waals surface area (Å²) in [7, 11) is 0. The Morgan fingerprint density at radius 1 is 1.36 bits per heavy atom. The fourth-order valence-corrected chi connectivity index (χ4v) is 0.882. The molecule has 0 saturated carbocycles. The summed E-state index contributed by atoms with van der Waals surface area (Å²) in [6.07, 6.45) is 8.48. The van der Waals surface area contributed by atoms with Gasteiger partial charge in [0, 0.05) is 6.42 Å². The second kappa shape index (κ2) is 7.32. The summed E-state index contributed by atoms with van der Waals surface area (Å²) < 4.78 is 0. The second-order valence-electron chi connectivity index (χ2n) is 2.56. The Labute approximate surface area is 67.9 Å². The van der Waals surface area contributed by atoms with Gasteiger partial charge >= 0.3 is 5.97 Å². The molecule has 0 aliphatic rings. The van der Waals surface area contributed by atoms with Gasteiger partial charge in [0.2, 0.25) is 0 Å². The van der Waals surface area contributed by atoms with Crippen LogP contribution >= 0.6 is 0 Å². The maximum Gasteiger partial charge on any atom is 0.303 e. The highest BCUT2D eigenvalue weighted by molar-refractivity contribution is 5.66. The van der Waals surface area contributed by atoms with Gasteiger partial charge in [0.05, 0.1) is 0 Å². The first-order chi connectivity index (χ1) is 5.27. The number of hydrogen-bond acceptors (Lipinski definition) is 1. The Bertz CT molecular complexity index is 128. The van der Waals surface area contributed by atoms with E-state index in [1.165, 1.54) is 0 Å². The van der Waals surface area contributed by atoms with E-state index in [4.69, 9.17) is 5.11 Å². The molecule has 0 radical (unpaired) electrons. The molecule has 2 nitrogen and oxygen atoms in total. The first kappa shape index (κ1) is 10.2. The number of allylic oxidation sites excluding steroid dienone is 2. The zero-order chi connectivity index (χ0) is 8.53. The third-order valence-electron chi connectivity index (χ3n) is 1.50. The largest absolute Gasteiger partial charge is 0.481 e. The van der Waals surface area contributed by atoms with Crippen molar-refractivity contribution in [2.45, 2.75) is 39.0 Å². The van der Waals surface area contributed by atoms with Crippen LogP contribution in [0.3, 0.4) is 0 Å². The van der Waals surface area contributed by atoms with Gasteiger partial charge in [-0.2, -0.15) is 0 Å². The maximum atomic E-state index is 10.1. The summed E-state index contributed by atoms with van der Waals surface area (Å²) in [5.41, 5.74) is 0. The van der Waals surface area contributed by atoms with Crippen LogP contribution in [-0.2, 0) is 4.79 Å². The molecule has 0 atom stereocenters. The molecular weight excluding hydrogens is 140 g/mol. The van der Waals surface area contributed by atoms with Crippen LogP contribution < -0.4 is 0 Å². The summed E-state index contributed by atoms with van der Waals surface area (Å²) >= 11 is 0. The van der Waals surface area contributed by atoms with E-state index >= 15 is 0 Å². The number of aliphatic carboxylic acids is 1. The number of carboxylic acids is 1. The molecular formula is C9H16O2. The highest BCUT2D eigenvalue weighted by Gasteiger charge is 1.94. The summed E-state index contributed by atoms with van der Waals surface area (Å²) in [5.74, 6) is -0.684. The van der Waals surface area contributed by atoms with Crippen LogP contribution in [0.15, 0.2) is 12.2 Å². The van der Waals surface area contributed by atoms with Gasteiger partial charge in [0.15, 0.2) is 0 Å². The molecule has 0 unspecified atom stereocenters. The molecule has 0 heterocycles. The average Bonchev–Trinajstić information content (AvgIpc) is 1.96. The molecule has 0 aromatic rings. The molecule has 0 aliphatic heterocycles. The number of hydrogen-bond donors (Lipinski definition) is 1. The predicted molar refractivity (Wildman–Crippen MR) is 45.5 cm³/mol. The lowest BCUT2D eigenvalue weighted by Crippen LogP contribution is -1.93. The number of carbonyl (C=O) groups is 1. The molecule has 0 saturated heterocycles. The van der Waals surface area contributed by atoms with Crippen molar-refractivity contribution in [2.24, 2.45) is 0 Å². The molecule has 0 spiro atoms. The van der Waals surface area contributed by atoms with Crippen LogP contribution in [0, 0.1) is 0 Å². The topological polar surface area (TPSA) is 37.3 Å². The van der Waals surface area contributed by atoms with Gasteiger partial charge in [-0.3, -0.25) is 4.79 Å². The maximum absolute atomic E-state index is 10.1. The summed E-state index contributed by atoms with van der Waals surface area (Å²) in [4.78, 5) is 10.1. The van der Waals surface area contributed by atoms with Crippen molar-refractivity contribution in [3.63, 3.8) is 0 Å². The molecule has 1 N–H and O–H groups in total. The monoisotopic (exact) mass is 156 g/mol. The molecule has 0 bridgehead atoms. The van der Waals surface area contributed by atoms with E-state index in [0.29, 0.717) is 6.42 Å². The van der Waals surface area contributed by atoms with E-state index in [1.807, 2.05) is 13.0 Å². The lowest BCUT2D eigenvalue weighted by atomic mass is 10.1. The number of carboxylic acid groups (broad SMARTS) is 1. The van der Waals surface area contributed by atoms with E-state index in [0.717, 1.165) is 25.7 Å². The molecule has 0 aliphatic carbocycles. The Morgan fingerprint density at radius 3 is 2.64 bits per heavy atom. The van der Waals surface area contributed by atoms with Gasteiger partial charge in [-0.25, -0.2) is 0 Å². The second-order valence-corrected chi connectivity index (χ2v) is 2.56. The molecule has 0 fully saturated rings. The molecule has 2 heteroatoms. The smallest absolute Gasteiger partial charge is 0.303 e. The van der Waals surface area contributed by atoms with E-state index in [-0.39, 0.29) is 0 Å². The van der Waals surface area contributed by atoms with Crippen LogP contribution in [0.1, 0.15) is 39.0 Å². The van der Waals surface area contributed by atoms with Crippen LogP contribution in [-0.4, -0.2) is 11.1 Å². The fraction of sp³-hybridized carbons (Fsp3) is 0.667. The third kappa shape index (κ3) is 9.21. The quantitative estimate of drug-likeness (QED) is 0.474. The Kier molecular flexibility index (Phi) is 6.79. The fourth-order valence-electron chi connectivity index (χ4n) is 0.882. The zero-order valence-corrected chi connectivity index (χ0v) is 7.05. The van der Waals surface area contributed by atoms with Gasteiger partial charge in [-0.15, -0.1) is 0 Å². The lowest BCUT2D eigenvalue weighted by molar-refractivity contribution is -0.137. The summed E-state index contributed by atoms with van der Waals surface area (Å²) in [6.45, 7) is 2.00. The standard InChI is InChI=1S/C9H16O2/c1-2-3-4-5-6-7-8-9(10)11/h2-3H,4-8H2,1H3,(H,10,11)/b3-2-. The normalized spacial score (nSPS) is 10.6. The molecule has 64 valence electrons. The molecule has 11 heavy (non-hydrogen) atoms. The van der Waals surface area contributed by atoms with Gasteiger partial charge in [0.25, 0.3) is 0 Å². The van der Waals surface area contributed by atoms with Crippen molar-refractivity contribution in [1.29, 1.82) is 0 Å². The van der Waals surface area contributed by atoms with Crippen molar-refractivity contribution in [3.05, 3.63) is 12.2 Å². The zero-order valence-electron chi connectivity index (χ0n) is 7.05. The summed E-state index contributed by atoms with van der Waals surface area (Å²) in [5, 5.41) is 8.30. The molecule has 0 amide bonds. The highest BCUT2D eigenvalue weighted by Crippen LogP contribution is 2.03. The van der Waals surface area contributed by atoms with Crippen LogP contribution in [0.25, 0.3) is 0 Å². The van der Waals surface area contributed by atoms with Crippen molar-refractivity contribution in [3.8, 4) is 0 Å².